The number of piperazine rings is 1. The van der Waals surface area contributed by atoms with Crippen LogP contribution in [0.25, 0.3) is 5.57 Å². The first kappa shape index (κ1) is 20.1. The third-order valence-electron chi connectivity index (χ3n) is 4.46. The van der Waals surface area contributed by atoms with E-state index >= 15 is 0 Å². The molecule has 1 aromatic carbocycles. The van der Waals surface area contributed by atoms with E-state index < -0.39 is 11.7 Å². The van der Waals surface area contributed by atoms with Crippen molar-refractivity contribution in [2.75, 3.05) is 36.4 Å². The van der Waals surface area contributed by atoms with E-state index in [-0.39, 0.29) is 28.7 Å². The lowest BCUT2D eigenvalue weighted by Gasteiger charge is -2.36. The Kier molecular flexibility index (Phi) is 5.67. The molecule has 0 atom stereocenters. The smallest absolute Gasteiger partial charge is 0.367 e. The molecule has 0 spiro atoms. The van der Waals surface area contributed by atoms with Crippen LogP contribution >= 0.6 is 0 Å². The number of hydrogen-bond donors (Lipinski definition) is 2. The van der Waals surface area contributed by atoms with E-state index in [1.807, 2.05) is 6.07 Å². The molecule has 0 bridgehead atoms. The number of halogens is 3. The van der Waals surface area contributed by atoms with E-state index in [0.29, 0.717) is 26.2 Å². The van der Waals surface area contributed by atoms with Crippen LogP contribution in [-0.4, -0.2) is 57.6 Å². The summed E-state index contributed by atoms with van der Waals surface area (Å²) in [4.78, 5) is 14.6. The number of carbonyl (C=O) groups excluding carboxylic acids is 1. The van der Waals surface area contributed by atoms with Gasteiger partial charge in [0.15, 0.2) is 0 Å². The van der Waals surface area contributed by atoms with Crippen LogP contribution < -0.4 is 10.2 Å². The average molecular weight is 406 g/mol. The van der Waals surface area contributed by atoms with Crippen molar-refractivity contribution in [2.24, 2.45) is 0 Å². The number of H-pyrrole nitrogens is 1. The minimum Gasteiger partial charge on any atom is -0.367 e. The monoisotopic (exact) mass is 406 g/mol. The summed E-state index contributed by atoms with van der Waals surface area (Å²) >= 11 is 0. The highest BCUT2D eigenvalue weighted by atomic mass is 19.4. The molecule has 1 saturated heterocycles. The van der Waals surface area contributed by atoms with E-state index in [9.17, 15) is 18.0 Å². The van der Waals surface area contributed by atoms with Gasteiger partial charge in [-0.3, -0.25) is 4.79 Å². The van der Waals surface area contributed by atoms with Gasteiger partial charge in [0.1, 0.15) is 11.6 Å². The minimum atomic E-state index is -4.57. The molecule has 12 heteroatoms. The average Bonchev–Trinajstić information content (AvgIpc) is 3.22. The topological polar surface area (TPSA) is 114 Å². The molecular formula is C17H17F3N8O. The summed E-state index contributed by atoms with van der Waals surface area (Å²) in [5, 5.41) is 24.7. The number of nitriles is 1. The van der Waals surface area contributed by atoms with E-state index in [2.05, 4.69) is 25.9 Å². The molecule has 1 aliphatic heterocycles. The molecule has 3 rings (SSSR count). The molecule has 9 nitrogen and oxygen atoms in total. The largest absolute Gasteiger partial charge is 0.418 e. The number of aromatic amines is 1. The number of benzene rings is 1. The molecule has 0 aliphatic carbocycles. The lowest BCUT2D eigenvalue weighted by Crippen LogP contribution is -2.48. The molecule has 2 N–H and O–H groups in total. The normalized spacial score (nSPS) is 15.2. The zero-order chi connectivity index (χ0) is 21.0. The van der Waals surface area contributed by atoms with Gasteiger partial charge in [-0.25, -0.2) is 0 Å². The number of rotatable bonds is 4. The third-order valence-corrected chi connectivity index (χ3v) is 4.46. The zero-order valence-corrected chi connectivity index (χ0v) is 15.4. The van der Waals surface area contributed by atoms with Gasteiger partial charge in [-0.1, -0.05) is 0 Å². The van der Waals surface area contributed by atoms with Crippen LogP contribution in [0.5, 0.6) is 0 Å². The first-order valence-corrected chi connectivity index (χ1v) is 8.62. The van der Waals surface area contributed by atoms with Gasteiger partial charge in [0.05, 0.1) is 5.56 Å². The Balaban J connectivity index is 1.84. The first-order valence-electron chi connectivity index (χ1n) is 8.62. The Hall–Kier alpha value is -3.62. The lowest BCUT2D eigenvalue weighted by atomic mass is 10.1. The first-order chi connectivity index (χ1) is 13.8. The van der Waals surface area contributed by atoms with E-state index in [1.165, 1.54) is 25.3 Å². The fourth-order valence-electron chi connectivity index (χ4n) is 2.97. The van der Waals surface area contributed by atoms with Crippen molar-refractivity contribution in [1.29, 1.82) is 5.26 Å². The van der Waals surface area contributed by atoms with Gasteiger partial charge >= 0.3 is 6.18 Å². The maximum absolute atomic E-state index is 13.7. The number of tetrazole rings is 1. The fourth-order valence-corrected chi connectivity index (χ4v) is 2.97. The molecule has 0 saturated carbocycles. The molecule has 152 valence electrons. The van der Waals surface area contributed by atoms with Gasteiger partial charge in [0, 0.05) is 50.7 Å². The van der Waals surface area contributed by atoms with Crippen LogP contribution in [0.4, 0.5) is 24.5 Å². The number of amides is 1. The van der Waals surface area contributed by atoms with Gasteiger partial charge in [0.25, 0.3) is 0 Å². The van der Waals surface area contributed by atoms with Gasteiger partial charge in [-0.15, -0.1) is 10.2 Å². The highest BCUT2D eigenvalue weighted by Gasteiger charge is 2.36. The molecule has 1 amide bonds. The molecule has 29 heavy (non-hydrogen) atoms. The third kappa shape index (κ3) is 4.63. The Morgan fingerprint density at radius 2 is 2.03 bits per heavy atom. The molecule has 1 fully saturated rings. The predicted molar refractivity (Wildman–Crippen MR) is 97.3 cm³/mol. The number of hydrogen-bond acceptors (Lipinski definition) is 7. The molecular weight excluding hydrogens is 389 g/mol. The summed E-state index contributed by atoms with van der Waals surface area (Å²) < 4.78 is 41.0. The number of anilines is 2. The van der Waals surface area contributed by atoms with Gasteiger partial charge in [-0.05, 0) is 23.4 Å². The van der Waals surface area contributed by atoms with Crippen LogP contribution in [-0.2, 0) is 11.0 Å². The van der Waals surface area contributed by atoms with Gasteiger partial charge in [-0.2, -0.15) is 23.6 Å². The van der Waals surface area contributed by atoms with Gasteiger partial charge < -0.3 is 15.1 Å². The second kappa shape index (κ2) is 8.17. The minimum absolute atomic E-state index is 0.0109. The van der Waals surface area contributed by atoms with Gasteiger partial charge in [0.2, 0.25) is 11.7 Å². The summed E-state index contributed by atoms with van der Waals surface area (Å²) in [5.41, 5.74) is -0.587. The Morgan fingerprint density at radius 1 is 1.31 bits per heavy atom. The molecule has 0 unspecified atom stereocenters. The number of aromatic nitrogens is 4. The van der Waals surface area contributed by atoms with Crippen molar-refractivity contribution >= 4 is 22.9 Å². The fraction of sp³-hybridized carbons (Fsp3) is 0.353. The standard InChI is InChI=1S/C17H17F3N8O/c1-11(29)27-4-6-28(7-5-27)15-3-2-13(8-14(15)17(18,19)20)22-10-12(9-21)16-23-25-26-24-16/h2-3,8,10,22H,4-7H2,1H3,(H,23,24,25,26). The number of carbonyl (C=O) groups is 1. The number of alkyl halides is 3. The number of nitrogens with one attached hydrogen (secondary N) is 2. The molecule has 0 radical (unpaired) electrons. The molecule has 1 aliphatic rings. The van der Waals surface area contributed by atoms with Crippen molar-refractivity contribution in [2.45, 2.75) is 13.1 Å². The number of allylic oxidation sites excluding steroid dienone is 1. The van der Waals surface area contributed by atoms with Crippen LogP contribution in [0.1, 0.15) is 18.3 Å². The van der Waals surface area contributed by atoms with E-state index in [1.54, 1.807) is 9.80 Å². The van der Waals surface area contributed by atoms with E-state index in [4.69, 9.17) is 5.26 Å². The van der Waals surface area contributed by atoms with Crippen molar-refractivity contribution in [3.05, 3.63) is 35.8 Å². The highest BCUT2D eigenvalue weighted by Crippen LogP contribution is 2.38. The zero-order valence-electron chi connectivity index (χ0n) is 15.4. The van der Waals surface area contributed by atoms with Crippen LogP contribution in [0.2, 0.25) is 0 Å². The lowest BCUT2D eigenvalue weighted by molar-refractivity contribution is -0.137. The summed E-state index contributed by atoms with van der Waals surface area (Å²) in [6.45, 7) is 2.80. The maximum atomic E-state index is 13.7. The second-order valence-electron chi connectivity index (χ2n) is 6.27. The SMILES string of the molecule is CC(=O)N1CCN(c2ccc(NC=C(C#N)c3nn[nH]n3)cc2C(F)(F)F)CC1. The van der Waals surface area contributed by atoms with Crippen LogP contribution in [0.3, 0.4) is 0 Å². The summed E-state index contributed by atoms with van der Waals surface area (Å²) in [7, 11) is 0. The predicted octanol–water partition coefficient (Wildman–Crippen LogP) is 1.86. The molecule has 2 heterocycles. The van der Waals surface area contributed by atoms with Crippen LogP contribution in [0, 0.1) is 11.3 Å². The van der Waals surface area contributed by atoms with Crippen LogP contribution in [0.15, 0.2) is 24.4 Å². The van der Waals surface area contributed by atoms with Crippen molar-refractivity contribution < 1.29 is 18.0 Å². The molecule has 1 aromatic heterocycles. The molecule has 2 aromatic rings. The number of nitrogens with zero attached hydrogens (tertiary/aromatic N) is 6. The second-order valence-corrected chi connectivity index (χ2v) is 6.27. The van der Waals surface area contributed by atoms with Crippen molar-refractivity contribution in [3.63, 3.8) is 0 Å². The summed E-state index contributed by atoms with van der Waals surface area (Å²) in [6, 6.07) is 5.69. The Bertz CT molecular complexity index is 941. The highest BCUT2D eigenvalue weighted by molar-refractivity contribution is 5.75. The van der Waals surface area contributed by atoms with Crippen molar-refractivity contribution in [3.8, 4) is 6.07 Å². The van der Waals surface area contributed by atoms with E-state index in [0.717, 1.165) is 6.07 Å². The summed E-state index contributed by atoms with van der Waals surface area (Å²) in [5.74, 6) is -0.0714. The summed E-state index contributed by atoms with van der Waals surface area (Å²) in [6.07, 6.45) is -3.36. The Morgan fingerprint density at radius 3 is 2.59 bits per heavy atom. The maximum Gasteiger partial charge on any atom is 0.418 e. The van der Waals surface area contributed by atoms with Crippen molar-refractivity contribution in [1.82, 2.24) is 25.5 Å². The Labute approximate surface area is 163 Å². The quantitative estimate of drug-likeness (QED) is 0.745.